The highest BCUT2D eigenvalue weighted by Gasteiger charge is 2.28. The predicted molar refractivity (Wildman–Crippen MR) is 60.6 cm³/mol. The molecule has 0 unspecified atom stereocenters. The van der Waals surface area contributed by atoms with Gasteiger partial charge in [0, 0.05) is 12.3 Å². The molecule has 0 aromatic heterocycles. The Labute approximate surface area is 97.0 Å². The lowest BCUT2D eigenvalue weighted by Crippen LogP contribution is -2.26. The van der Waals surface area contributed by atoms with Crippen LogP contribution in [0.25, 0.3) is 0 Å². The Morgan fingerprint density at radius 2 is 2.07 bits per heavy atom. The van der Waals surface area contributed by atoms with Crippen LogP contribution in [0.4, 0.5) is 0 Å². The number of aliphatic hydroxyl groups excluding tert-OH is 1. The van der Waals surface area contributed by atoms with Crippen LogP contribution in [-0.2, 0) is 4.79 Å². The molecule has 1 aliphatic carbocycles. The number of alkyl halides is 1. The van der Waals surface area contributed by atoms with Crippen LogP contribution in [0.5, 0.6) is 0 Å². The third kappa shape index (κ3) is 4.12. The summed E-state index contributed by atoms with van der Waals surface area (Å²) in [6.45, 7) is 2.00. The Balaban J connectivity index is 2.29. The molecule has 0 saturated heterocycles. The van der Waals surface area contributed by atoms with E-state index in [4.69, 9.17) is 11.6 Å². The van der Waals surface area contributed by atoms with Crippen molar-refractivity contribution in [2.75, 3.05) is 0 Å². The van der Waals surface area contributed by atoms with E-state index in [0.29, 0.717) is 5.92 Å². The molecule has 15 heavy (non-hydrogen) atoms. The average Bonchev–Trinajstić information content (AvgIpc) is 2.70. The zero-order valence-electron chi connectivity index (χ0n) is 8.82. The van der Waals surface area contributed by atoms with Gasteiger partial charge in [-0.2, -0.15) is 0 Å². The number of hydrogen-bond acceptors (Lipinski definition) is 2. The van der Waals surface area contributed by atoms with Gasteiger partial charge in [0.05, 0.1) is 11.5 Å². The van der Waals surface area contributed by atoms with Crippen molar-refractivity contribution in [3.8, 4) is 0 Å². The minimum absolute atomic E-state index is 0.0470. The Morgan fingerprint density at radius 3 is 2.60 bits per heavy atom. The van der Waals surface area contributed by atoms with Crippen molar-refractivity contribution < 1.29 is 9.90 Å². The summed E-state index contributed by atoms with van der Waals surface area (Å²) < 4.78 is 0. The average molecular weight is 228 g/mol. The molecule has 0 aliphatic heterocycles. The van der Waals surface area contributed by atoms with Crippen LogP contribution in [0, 0.1) is 31.6 Å². The van der Waals surface area contributed by atoms with Gasteiger partial charge in [-0.25, -0.2) is 0 Å². The topological polar surface area (TPSA) is 37.3 Å². The van der Waals surface area contributed by atoms with Crippen LogP contribution in [0.1, 0.15) is 26.2 Å². The summed E-state index contributed by atoms with van der Waals surface area (Å²) in [6, 6.07) is 0. The molecule has 1 aliphatic rings. The third-order valence-electron chi connectivity index (χ3n) is 2.36. The quantitative estimate of drug-likeness (QED) is 0.706. The summed E-state index contributed by atoms with van der Waals surface area (Å²) >= 11 is 5.93. The largest absolute Gasteiger partial charge is 0.391 e. The minimum Gasteiger partial charge on any atom is -0.391 e. The summed E-state index contributed by atoms with van der Waals surface area (Å²) in [6.07, 6.45) is 8.13. The molecule has 0 heterocycles. The molecule has 1 N–H and O–H groups in total. The van der Waals surface area contributed by atoms with Gasteiger partial charge < -0.3 is 5.11 Å². The fraction of sp³-hybridized carbons (Fsp3) is 0.500. The molecule has 2 atom stereocenters. The van der Waals surface area contributed by atoms with Crippen molar-refractivity contribution in [3.63, 3.8) is 0 Å². The fourth-order valence-electron chi connectivity index (χ4n) is 1.46. The van der Waals surface area contributed by atoms with Gasteiger partial charge in [-0.05, 0) is 32.1 Å². The van der Waals surface area contributed by atoms with Crippen molar-refractivity contribution >= 4 is 17.4 Å². The molecule has 0 aromatic rings. The SMILES string of the molecule is CCC[C@@H](Cl)[C@@H](O)CC(=O)[C]1[CH][CH][CH][CH]1. The maximum absolute atomic E-state index is 11.6. The molecule has 0 spiro atoms. The number of carbonyl (C=O) groups is 1. The van der Waals surface area contributed by atoms with Crippen LogP contribution in [-0.4, -0.2) is 22.4 Å². The van der Waals surface area contributed by atoms with E-state index in [9.17, 15) is 9.90 Å². The van der Waals surface area contributed by atoms with Crippen LogP contribution in [0.15, 0.2) is 0 Å². The van der Waals surface area contributed by atoms with Crippen molar-refractivity contribution in [2.45, 2.75) is 37.7 Å². The summed E-state index contributed by atoms with van der Waals surface area (Å²) in [4.78, 5) is 11.6. The number of hydrogen-bond donors (Lipinski definition) is 1. The van der Waals surface area contributed by atoms with E-state index in [1.54, 1.807) is 12.8 Å². The first-order valence-corrected chi connectivity index (χ1v) is 5.65. The lowest BCUT2D eigenvalue weighted by atomic mass is 9.96. The summed E-state index contributed by atoms with van der Waals surface area (Å²) in [5.74, 6) is 0.601. The Morgan fingerprint density at radius 1 is 1.47 bits per heavy atom. The highest BCUT2D eigenvalue weighted by atomic mass is 35.5. The number of rotatable bonds is 6. The summed E-state index contributed by atoms with van der Waals surface area (Å²) in [7, 11) is 0. The van der Waals surface area contributed by atoms with Crippen LogP contribution < -0.4 is 0 Å². The smallest absolute Gasteiger partial charge is 0.143 e. The van der Waals surface area contributed by atoms with Gasteiger partial charge in [0.25, 0.3) is 0 Å². The van der Waals surface area contributed by atoms with Gasteiger partial charge in [0.2, 0.25) is 0 Å². The monoisotopic (exact) mass is 227 g/mol. The zero-order chi connectivity index (χ0) is 11.3. The van der Waals surface area contributed by atoms with Crippen molar-refractivity contribution in [2.24, 2.45) is 0 Å². The molecule has 1 rings (SSSR count). The Kier molecular flexibility index (Phi) is 5.62. The highest BCUT2D eigenvalue weighted by molar-refractivity contribution is 6.21. The first-order valence-electron chi connectivity index (χ1n) is 5.22. The van der Waals surface area contributed by atoms with Gasteiger partial charge in [0.1, 0.15) is 5.78 Å². The number of ketones is 1. The first-order chi connectivity index (χ1) is 7.15. The second-order valence-electron chi connectivity index (χ2n) is 3.67. The lowest BCUT2D eigenvalue weighted by molar-refractivity contribution is -0.118. The Hall–Kier alpha value is -0.0800. The molecule has 5 radical (unpaired) electrons. The van der Waals surface area contributed by atoms with E-state index in [1.807, 2.05) is 19.8 Å². The van der Waals surface area contributed by atoms with Gasteiger partial charge in [-0.15, -0.1) is 11.6 Å². The third-order valence-corrected chi connectivity index (χ3v) is 2.87. The van der Waals surface area contributed by atoms with Crippen LogP contribution in [0.2, 0.25) is 0 Å². The molecular weight excluding hydrogens is 212 g/mol. The second-order valence-corrected chi connectivity index (χ2v) is 4.23. The van der Waals surface area contributed by atoms with E-state index >= 15 is 0 Å². The maximum Gasteiger partial charge on any atom is 0.143 e. The highest BCUT2D eigenvalue weighted by Crippen LogP contribution is 2.26. The lowest BCUT2D eigenvalue weighted by Gasteiger charge is -2.16. The number of aliphatic hydroxyl groups is 1. The molecular formula is C12H16ClO2. The zero-order valence-corrected chi connectivity index (χ0v) is 9.57. The second kappa shape index (κ2) is 6.49. The molecule has 0 bridgehead atoms. The summed E-state index contributed by atoms with van der Waals surface area (Å²) in [5.41, 5.74) is 0. The van der Waals surface area contributed by atoms with Gasteiger partial charge in [-0.3, -0.25) is 4.79 Å². The Bertz CT molecular complexity index is 200. The van der Waals surface area contributed by atoms with Crippen LogP contribution in [0.3, 0.4) is 0 Å². The molecule has 1 fully saturated rings. The van der Waals surface area contributed by atoms with Gasteiger partial charge in [-0.1, -0.05) is 13.3 Å². The van der Waals surface area contributed by atoms with E-state index in [1.165, 1.54) is 0 Å². The van der Waals surface area contributed by atoms with E-state index < -0.39 is 6.10 Å². The van der Waals surface area contributed by atoms with E-state index in [2.05, 4.69) is 0 Å². The fourth-order valence-corrected chi connectivity index (χ4v) is 1.77. The summed E-state index contributed by atoms with van der Waals surface area (Å²) in [5, 5.41) is 9.34. The molecule has 0 aromatic carbocycles. The predicted octanol–water partition coefficient (Wildman–Crippen LogP) is 2.12. The van der Waals surface area contributed by atoms with Crippen molar-refractivity contribution in [3.05, 3.63) is 31.6 Å². The minimum atomic E-state index is -0.742. The van der Waals surface area contributed by atoms with Crippen LogP contribution >= 0.6 is 11.6 Å². The normalized spacial score (nSPS) is 21.5. The molecule has 2 nitrogen and oxygen atoms in total. The molecule has 3 heteroatoms. The van der Waals surface area contributed by atoms with Crippen molar-refractivity contribution in [1.29, 1.82) is 0 Å². The number of halogens is 1. The molecule has 1 saturated carbocycles. The van der Waals surface area contributed by atoms with Gasteiger partial charge >= 0.3 is 0 Å². The maximum atomic E-state index is 11.6. The number of carbonyl (C=O) groups excluding carboxylic acids is 1. The van der Waals surface area contributed by atoms with E-state index in [-0.39, 0.29) is 17.6 Å². The van der Waals surface area contributed by atoms with E-state index in [0.717, 1.165) is 12.8 Å². The first kappa shape index (κ1) is 13.0. The standard InChI is InChI=1S/C12H16ClO2/c1-2-5-10(13)12(15)8-11(14)9-6-3-4-7-9/h3-4,6-7,10,12,15H,2,5,8H2,1H3/t10-,12+/m1/s1. The van der Waals surface area contributed by atoms with Gasteiger partial charge in [0.15, 0.2) is 0 Å². The molecule has 83 valence electrons. The van der Waals surface area contributed by atoms with Crippen molar-refractivity contribution in [1.82, 2.24) is 0 Å². The number of Topliss-reactive ketones (excluding diaryl/α,β-unsaturated/α-hetero) is 1. The molecule has 0 amide bonds.